The Morgan fingerprint density at radius 1 is 1.00 bits per heavy atom. The number of phenols is 1. The van der Waals surface area contributed by atoms with Crippen LogP contribution in [0.5, 0.6) is 23.0 Å². The van der Waals surface area contributed by atoms with Gasteiger partial charge in [0.25, 0.3) is 0 Å². The summed E-state index contributed by atoms with van der Waals surface area (Å²) in [5.74, 6) is 0.167. The molecule has 1 N–H and O–H groups in total. The van der Waals surface area contributed by atoms with E-state index >= 15 is 0 Å². The highest BCUT2D eigenvalue weighted by Gasteiger charge is 2.30. The number of hydrogen-bond acceptors (Lipinski definition) is 5. The summed E-state index contributed by atoms with van der Waals surface area (Å²) in [5, 5.41) is 17.8. The van der Waals surface area contributed by atoms with Crippen LogP contribution in [0.4, 0.5) is 0 Å². The second kappa shape index (κ2) is 6.06. The van der Waals surface area contributed by atoms with Crippen LogP contribution in [-0.2, 0) is 0 Å². The molecule has 1 heterocycles. The van der Waals surface area contributed by atoms with Crippen LogP contribution in [0.1, 0.15) is 5.56 Å². The van der Waals surface area contributed by atoms with Crippen LogP contribution >= 0.6 is 46.4 Å². The molecular formula is C14H5Cl4NO4. The molecule has 118 valence electrons. The van der Waals surface area contributed by atoms with Gasteiger partial charge < -0.3 is 19.3 Å². The van der Waals surface area contributed by atoms with E-state index in [4.69, 9.17) is 65.9 Å². The van der Waals surface area contributed by atoms with E-state index in [1.807, 2.05) is 6.07 Å². The molecule has 0 saturated heterocycles. The summed E-state index contributed by atoms with van der Waals surface area (Å²) < 4.78 is 16.3. The first-order chi connectivity index (χ1) is 10.9. The van der Waals surface area contributed by atoms with Crippen molar-refractivity contribution in [2.75, 3.05) is 0 Å². The van der Waals surface area contributed by atoms with Crippen molar-refractivity contribution in [3.63, 3.8) is 0 Å². The molecular weight excluding hydrogens is 388 g/mol. The third-order valence-corrected chi connectivity index (χ3v) is 4.58. The number of nitriles is 1. The van der Waals surface area contributed by atoms with Gasteiger partial charge in [-0.15, -0.1) is 0 Å². The molecule has 0 spiro atoms. The van der Waals surface area contributed by atoms with Gasteiger partial charge in [0, 0.05) is 6.07 Å². The fourth-order valence-corrected chi connectivity index (χ4v) is 2.76. The number of rotatable bonds is 2. The summed E-state index contributed by atoms with van der Waals surface area (Å²) in [4.78, 5) is 0. The van der Waals surface area contributed by atoms with Crippen LogP contribution in [0.2, 0.25) is 20.1 Å². The molecule has 5 nitrogen and oxygen atoms in total. The number of halogens is 4. The summed E-state index contributed by atoms with van der Waals surface area (Å²) in [6, 6.07) is 6.61. The highest BCUT2D eigenvalue weighted by atomic mass is 35.5. The van der Waals surface area contributed by atoms with Crippen LogP contribution in [0.3, 0.4) is 0 Å². The average Bonchev–Trinajstić information content (AvgIpc) is 2.96. The third-order valence-electron chi connectivity index (χ3n) is 2.93. The first kappa shape index (κ1) is 16.2. The molecule has 0 radical (unpaired) electrons. The number of ether oxygens (including phenoxy) is 3. The van der Waals surface area contributed by atoms with E-state index in [0.29, 0.717) is 17.1 Å². The molecule has 0 saturated carbocycles. The predicted molar refractivity (Wildman–Crippen MR) is 85.0 cm³/mol. The maximum absolute atomic E-state index is 9.67. The third kappa shape index (κ3) is 2.79. The Morgan fingerprint density at radius 3 is 2.22 bits per heavy atom. The highest BCUT2D eigenvalue weighted by molar-refractivity contribution is 6.50. The smallest absolute Gasteiger partial charge is 0.406 e. The Morgan fingerprint density at radius 2 is 1.61 bits per heavy atom. The lowest BCUT2D eigenvalue weighted by atomic mass is 10.2. The minimum Gasteiger partial charge on any atom is -0.505 e. The molecule has 2 aromatic rings. The van der Waals surface area contributed by atoms with Crippen molar-refractivity contribution in [3.8, 4) is 29.1 Å². The molecule has 0 amide bonds. The van der Waals surface area contributed by atoms with Crippen molar-refractivity contribution < 1.29 is 19.3 Å². The number of aromatic hydroxyl groups is 1. The number of benzene rings is 2. The van der Waals surface area contributed by atoms with Gasteiger partial charge in [0.05, 0.1) is 11.6 Å². The number of hydrogen-bond donors (Lipinski definition) is 1. The molecule has 2 aromatic carbocycles. The van der Waals surface area contributed by atoms with E-state index in [1.54, 1.807) is 12.1 Å². The molecule has 9 heteroatoms. The van der Waals surface area contributed by atoms with Crippen molar-refractivity contribution >= 4 is 46.4 Å². The summed E-state index contributed by atoms with van der Waals surface area (Å²) in [5.41, 5.74) is 0.403. The van der Waals surface area contributed by atoms with Gasteiger partial charge >= 0.3 is 6.48 Å². The second-order valence-electron chi connectivity index (χ2n) is 4.35. The molecule has 1 aliphatic rings. The normalized spacial score (nSPS) is 15.3. The van der Waals surface area contributed by atoms with E-state index in [0.717, 1.165) is 0 Å². The van der Waals surface area contributed by atoms with E-state index in [-0.39, 0.29) is 25.8 Å². The van der Waals surface area contributed by atoms with Gasteiger partial charge in [-0.25, -0.2) is 0 Å². The quantitative estimate of drug-likeness (QED) is 0.727. The van der Waals surface area contributed by atoms with Gasteiger partial charge in [-0.05, 0) is 12.1 Å². The molecule has 1 aliphatic heterocycles. The van der Waals surface area contributed by atoms with E-state index < -0.39 is 12.2 Å². The highest BCUT2D eigenvalue weighted by Crippen LogP contribution is 2.50. The molecule has 1 atom stereocenters. The van der Waals surface area contributed by atoms with E-state index in [1.165, 1.54) is 6.07 Å². The van der Waals surface area contributed by atoms with Crippen LogP contribution in [-0.4, -0.2) is 11.6 Å². The number of nitrogens with zero attached hydrogens (tertiary/aromatic N) is 1. The predicted octanol–water partition coefficient (Wildman–Crippen LogP) is 5.01. The average molecular weight is 393 g/mol. The van der Waals surface area contributed by atoms with Gasteiger partial charge in [-0.1, -0.05) is 46.4 Å². The van der Waals surface area contributed by atoms with Gasteiger partial charge in [0.2, 0.25) is 0 Å². The molecule has 1 unspecified atom stereocenters. The lowest BCUT2D eigenvalue weighted by Gasteiger charge is -2.16. The number of fused-ring (bicyclic) bond motifs is 1. The maximum Gasteiger partial charge on any atom is 0.406 e. The Bertz CT molecular complexity index is 821. The minimum atomic E-state index is -1.20. The minimum absolute atomic E-state index is 0.0977. The molecule has 0 fully saturated rings. The topological polar surface area (TPSA) is 71.7 Å². The van der Waals surface area contributed by atoms with Gasteiger partial charge in [0.1, 0.15) is 20.1 Å². The molecule has 0 aromatic heterocycles. The Kier molecular flexibility index (Phi) is 4.26. The van der Waals surface area contributed by atoms with Crippen molar-refractivity contribution in [2.24, 2.45) is 0 Å². The lowest BCUT2D eigenvalue weighted by molar-refractivity contribution is -0.112. The van der Waals surface area contributed by atoms with E-state index in [9.17, 15) is 5.11 Å². The Hall–Kier alpha value is -1.71. The molecule has 0 aliphatic carbocycles. The van der Waals surface area contributed by atoms with Crippen molar-refractivity contribution in [1.29, 1.82) is 5.26 Å². The zero-order valence-electron chi connectivity index (χ0n) is 10.9. The zero-order valence-corrected chi connectivity index (χ0v) is 14.0. The summed E-state index contributed by atoms with van der Waals surface area (Å²) in [7, 11) is 0. The lowest BCUT2D eigenvalue weighted by Crippen LogP contribution is -2.25. The molecule has 3 rings (SSSR count). The second-order valence-corrected chi connectivity index (χ2v) is 5.86. The number of phenolic OH excluding ortho intramolecular Hbond substituents is 1. The van der Waals surface area contributed by atoms with Crippen molar-refractivity contribution in [1.82, 2.24) is 0 Å². The summed E-state index contributed by atoms with van der Waals surface area (Å²) in [6.07, 6.45) is 0. The van der Waals surface area contributed by atoms with E-state index in [2.05, 4.69) is 0 Å². The fourth-order valence-electron chi connectivity index (χ4n) is 1.85. The first-order valence-electron chi connectivity index (χ1n) is 6.01. The van der Waals surface area contributed by atoms with Gasteiger partial charge in [-0.2, -0.15) is 5.26 Å². The van der Waals surface area contributed by atoms with Crippen LogP contribution < -0.4 is 14.2 Å². The largest absolute Gasteiger partial charge is 0.505 e. The standard InChI is InChI=1S/C14H5Cl4NO4/c15-8-10(17)13(11(18)9(16)12(8)20)23-14-21-6-2-1-5(4-19)3-7(6)22-14/h1-3,14,20H. The fraction of sp³-hybridized carbons (Fsp3) is 0.0714. The van der Waals surface area contributed by atoms with Crippen molar-refractivity contribution in [3.05, 3.63) is 43.9 Å². The van der Waals surface area contributed by atoms with Crippen LogP contribution in [0, 0.1) is 11.3 Å². The monoisotopic (exact) mass is 391 g/mol. The summed E-state index contributed by atoms with van der Waals surface area (Å²) in [6.45, 7) is -1.20. The molecule has 23 heavy (non-hydrogen) atoms. The van der Waals surface area contributed by atoms with Crippen molar-refractivity contribution in [2.45, 2.75) is 6.48 Å². The van der Waals surface area contributed by atoms with Crippen LogP contribution in [0.25, 0.3) is 0 Å². The van der Waals surface area contributed by atoms with Crippen LogP contribution in [0.15, 0.2) is 18.2 Å². The van der Waals surface area contributed by atoms with Gasteiger partial charge in [-0.3, -0.25) is 0 Å². The Labute approximate surface area is 150 Å². The Balaban J connectivity index is 1.89. The van der Waals surface area contributed by atoms with Gasteiger partial charge in [0.15, 0.2) is 23.0 Å². The maximum atomic E-state index is 9.67. The zero-order chi connectivity index (χ0) is 16.7. The first-order valence-corrected chi connectivity index (χ1v) is 7.52. The molecule has 0 bridgehead atoms. The summed E-state index contributed by atoms with van der Waals surface area (Å²) >= 11 is 23.7. The SMILES string of the molecule is N#Cc1ccc2c(c1)OC(Oc1c(Cl)c(Cl)c(O)c(Cl)c1Cl)O2.